The molecule has 152 valence electrons. The van der Waals surface area contributed by atoms with E-state index >= 15 is 0 Å². The summed E-state index contributed by atoms with van der Waals surface area (Å²) in [5, 5.41) is 9.13. The molecule has 0 fully saturated rings. The number of para-hydroxylation sites is 2. The molecule has 2 aromatic carbocycles. The number of rotatable bonds is 7. The van der Waals surface area contributed by atoms with Crippen LogP contribution in [0.1, 0.15) is 5.76 Å². The van der Waals surface area contributed by atoms with E-state index in [0.29, 0.717) is 17.3 Å². The van der Waals surface area contributed by atoms with Crippen molar-refractivity contribution in [1.82, 2.24) is 15.1 Å². The van der Waals surface area contributed by atoms with E-state index in [1.165, 1.54) is 11.8 Å². The lowest BCUT2D eigenvalue weighted by atomic mass is 10.2. The maximum absolute atomic E-state index is 12.1. The number of imidazole rings is 1. The van der Waals surface area contributed by atoms with E-state index in [0.717, 1.165) is 22.4 Å². The molecule has 0 aliphatic carbocycles. The predicted octanol–water partition coefficient (Wildman–Crippen LogP) is 3.84. The minimum atomic E-state index is -0.240. The Bertz CT molecular complexity index is 1150. The zero-order chi connectivity index (χ0) is 20.9. The van der Waals surface area contributed by atoms with Crippen LogP contribution in [-0.4, -0.2) is 38.4 Å². The summed E-state index contributed by atoms with van der Waals surface area (Å²) >= 11 is 1.22. The molecule has 0 aliphatic heterocycles. The van der Waals surface area contributed by atoms with Crippen LogP contribution in [0.2, 0.25) is 0 Å². The van der Waals surface area contributed by atoms with Crippen LogP contribution in [0.5, 0.6) is 0 Å². The van der Waals surface area contributed by atoms with Crippen LogP contribution in [0.25, 0.3) is 22.4 Å². The number of thioether (sulfide) groups is 1. The molecule has 9 heteroatoms. The molecular weight excluding hydrogens is 402 g/mol. The summed E-state index contributed by atoms with van der Waals surface area (Å²) in [6.45, 7) is 1.74. The average Bonchev–Trinajstić information content (AvgIpc) is 3.34. The van der Waals surface area contributed by atoms with Crippen molar-refractivity contribution in [2.24, 2.45) is 0 Å². The van der Waals surface area contributed by atoms with Crippen molar-refractivity contribution < 1.29 is 14.1 Å². The van der Waals surface area contributed by atoms with Gasteiger partial charge in [-0.05, 0) is 43.3 Å². The predicted molar refractivity (Wildman–Crippen MR) is 117 cm³/mol. The van der Waals surface area contributed by atoms with Crippen molar-refractivity contribution in [3.8, 4) is 11.4 Å². The third-order valence-corrected chi connectivity index (χ3v) is 5.13. The van der Waals surface area contributed by atoms with Gasteiger partial charge in [-0.3, -0.25) is 9.59 Å². The molecule has 4 aromatic rings. The van der Waals surface area contributed by atoms with Crippen LogP contribution >= 0.6 is 11.8 Å². The van der Waals surface area contributed by atoms with Crippen molar-refractivity contribution in [3.63, 3.8) is 0 Å². The first kappa shape index (κ1) is 19.7. The summed E-state index contributed by atoms with van der Waals surface area (Å²) < 4.78 is 4.88. The topological polar surface area (TPSA) is 113 Å². The zero-order valence-electron chi connectivity index (χ0n) is 16.1. The molecule has 2 heterocycles. The normalized spacial score (nSPS) is 10.8. The Kier molecular flexibility index (Phi) is 5.80. The standard InChI is InChI=1S/C21H19N5O3S/c1-13-10-18(26-29-13)25-20(28)12-30-11-19(27)22-15-8-6-14(7-9-15)21-23-16-4-2-3-5-17(16)24-21/h2-10H,11-12H2,1H3,(H,22,27)(H,23,24)(H,25,26,28). The van der Waals surface area contributed by atoms with Gasteiger partial charge in [-0.25, -0.2) is 4.98 Å². The number of benzene rings is 2. The monoisotopic (exact) mass is 421 g/mol. The van der Waals surface area contributed by atoms with E-state index in [1.54, 1.807) is 13.0 Å². The number of amides is 2. The Hall–Kier alpha value is -3.59. The Morgan fingerprint density at radius 1 is 1.03 bits per heavy atom. The zero-order valence-corrected chi connectivity index (χ0v) is 17.0. The van der Waals surface area contributed by atoms with Crippen molar-refractivity contribution in [1.29, 1.82) is 0 Å². The number of aromatic nitrogens is 3. The van der Waals surface area contributed by atoms with E-state index < -0.39 is 0 Å². The van der Waals surface area contributed by atoms with Crippen LogP contribution in [0.15, 0.2) is 59.1 Å². The summed E-state index contributed by atoms with van der Waals surface area (Å²) in [5.74, 6) is 1.65. The number of anilines is 2. The first-order chi connectivity index (χ1) is 14.6. The Morgan fingerprint density at radius 2 is 1.77 bits per heavy atom. The van der Waals surface area contributed by atoms with Crippen LogP contribution in [0.4, 0.5) is 11.5 Å². The second-order valence-electron chi connectivity index (χ2n) is 6.59. The highest BCUT2D eigenvalue weighted by Crippen LogP contribution is 2.22. The molecule has 0 radical (unpaired) electrons. The number of hydrogen-bond acceptors (Lipinski definition) is 6. The second-order valence-corrected chi connectivity index (χ2v) is 7.58. The van der Waals surface area contributed by atoms with Crippen LogP contribution in [0.3, 0.4) is 0 Å². The Balaban J connectivity index is 1.25. The summed E-state index contributed by atoms with van der Waals surface area (Å²) in [5.41, 5.74) is 3.50. The lowest BCUT2D eigenvalue weighted by Gasteiger charge is -2.06. The van der Waals surface area contributed by atoms with Gasteiger partial charge in [-0.15, -0.1) is 11.8 Å². The van der Waals surface area contributed by atoms with Gasteiger partial charge in [0.25, 0.3) is 0 Å². The van der Waals surface area contributed by atoms with Crippen molar-refractivity contribution in [2.45, 2.75) is 6.92 Å². The fourth-order valence-electron chi connectivity index (χ4n) is 2.84. The molecule has 30 heavy (non-hydrogen) atoms. The van der Waals surface area contributed by atoms with Crippen LogP contribution < -0.4 is 10.6 Å². The molecule has 4 rings (SSSR count). The first-order valence-corrected chi connectivity index (χ1v) is 10.4. The largest absolute Gasteiger partial charge is 0.360 e. The average molecular weight is 421 g/mol. The quantitative estimate of drug-likeness (QED) is 0.418. The number of nitrogens with zero attached hydrogens (tertiary/aromatic N) is 2. The minimum absolute atomic E-state index is 0.143. The van der Waals surface area contributed by atoms with Gasteiger partial charge in [-0.1, -0.05) is 17.3 Å². The number of carbonyl (C=O) groups is 2. The fourth-order valence-corrected chi connectivity index (χ4v) is 3.46. The van der Waals surface area contributed by atoms with E-state index in [2.05, 4.69) is 25.8 Å². The second kappa shape index (κ2) is 8.83. The van der Waals surface area contributed by atoms with Crippen molar-refractivity contribution in [3.05, 3.63) is 60.4 Å². The minimum Gasteiger partial charge on any atom is -0.360 e. The molecule has 2 amide bonds. The molecule has 3 N–H and O–H groups in total. The van der Waals surface area contributed by atoms with Crippen LogP contribution in [-0.2, 0) is 9.59 Å². The third kappa shape index (κ3) is 4.87. The van der Waals surface area contributed by atoms with Gasteiger partial charge < -0.3 is 20.1 Å². The number of fused-ring (bicyclic) bond motifs is 1. The molecular formula is C21H19N5O3S. The van der Waals surface area contributed by atoms with Crippen LogP contribution in [0, 0.1) is 6.92 Å². The maximum Gasteiger partial charge on any atom is 0.235 e. The molecule has 0 unspecified atom stereocenters. The number of nitrogens with one attached hydrogen (secondary N) is 3. The van der Waals surface area contributed by atoms with E-state index in [4.69, 9.17) is 4.52 Å². The molecule has 2 aromatic heterocycles. The molecule has 8 nitrogen and oxygen atoms in total. The van der Waals surface area contributed by atoms with Gasteiger partial charge in [0.2, 0.25) is 11.8 Å². The number of hydrogen-bond donors (Lipinski definition) is 3. The highest BCUT2D eigenvalue weighted by atomic mass is 32.2. The van der Waals surface area contributed by atoms with E-state index in [9.17, 15) is 9.59 Å². The Labute approximate surface area is 176 Å². The van der Waals surface area contributed by atoms with E-state index in [1.807, 2.05) is 48.5 Å². The molecule has 0 aliphatic rings. The maximum atomic E-state index is 12.1. The Morgan fingerprint density at radius 3 is 2.47 bits per heavy atom. The number of aryl methyl sites for hydroxylation is 1. The van der Waals surface area contributed by atoms with Gasteiger partial charge in [-0.2, -0.15) is 0 Å². The number of carbonyl (C=O) groups excluding carboxylic acids is 2. The summed E-state index contributed by atoms with van der Waals surface area (Å²) in [6, 6.07) is 16.9. The molecule has 0 saturated heterocycles. The van der Waals surface area contributed by atoms with Gasteiger partial charge in [0.15, 0.2) is 5.82 Å². The van der Waals surface area contributed by atoms with E-state index in [-0.39, 0.29) is 23.3 Å². The smallest absolute Gasteiger partial charge is 0.235 e. The van der Waals surface area contributed by atoms with Gasteiger partial charge in [0, 0.05) is 17.3 Å². The summed E-state index contributed by atoms with van der Waals surface area (Å²) in [6.07, 6.45) is 0. The lowest BCUT2D eigenvalue weighted by molar-refractivity contribution is -0.114. The van der Waals surface area contributed by atoms with Crippen molar-refractivity contribution >= 4 is 46.1 Å². The number of H-pyrrole nitrogens is 1. The molecule has 0 saturated carbocycles. The molecule has 0 atom stereocenters. The summed E-state index contributed by atoms with van der Waals surface area (Å²) in [4.78, 5) is 31.8. The van der Waals surface area contributed by atoms with Gasteiger partial charge >= 0.3 is 0 Å². The van der Waals surface area contributed by atoms with Gasteiger partial charge in [0.05, 0.1) is 22.5 Å². The fraction of sp³-hybridized carbons (Fsp3) is 0.143. The highest BCUT2D eigenvalue weighted by Gasteiger charge is 2.09. The SMILES string of the molecule is Cc1cc(NC(=O)CSCC(=O)Nc2ccc(-c3nc4ccccc4[nH]3)cc2)no1. The highest BCUT2D eigenvalue weighted by molar-refractivity contribution is 8.00. The molecule has 0 bridgehead atoms. The van der Waals surface area contributed by atoms with Gasteiger partial charge in [0.1, 0.15) is 11.6 Å². The first-order valence-electron chi connectivity index (χ1n) is 9.23. The summed E-state index contributed by atoms with van der Waals surface area (Å²) in [7, 11) is 0. The number of aromatic amines is 1. The lowest BCUT2D eigenvalue weighted by Crippen LogP contribution is -2.18. The third-order valence-electron chi connectivity index (χ3n) is 4.19. The molecule has 0 spiro atoms. The van der Waals surface area contributed by atoms with Crippen molar-refractivity contribution in [2.75, 3.05) is 22.1 Å².